The number of likely N-dealkylation sites (tertiary alicyclic amines) is 2. The number of alkyl halides is 2. The zero-order valence-electron chi connectivity index (χ0n) is 26.4. The Balaban J connectivity index is 1.26. The third-order valence-corrected chi connectivity index (χ3v) is 10.4. The van der Waals surface area contributed by atoms with Gasteiger partial charge in [-0.05, 0) is 71.6 Å². The molecule has 0 aromatic carbocycles. The fourth-order valence-electron chi connectivity index (χ4n) is 7.77. The molecule has 3 saturated heterocycles. The summed E-state index contributed by atoms with van der Waals surface area (Å²) in [7, 11) is 2.06. The van der Waals surface area contributed by atoms with E-state index in [2.05, 4.69) is 38.1 Å². The van der Waals surface area contributed by atoms with E-state index >= 15 is 4.39 Å². The molecule has 7 unspecified atom stereocenters. The number of nitrogens with zero attached hydrogens (tertiary/aromatic N) is 2. The van der Waals surface area contributed by atoms with Gasteiger partial charge in [0.25, 0.3) is 0 Å². The average molecular weight is 613 g/mol. The molecule has 1 aliphatic carbocycles. The Labute approximate surface area is 257 Å². The number of nitrogens with two attached hydrogens (primary N) is 2. The van der Waals surface area contributed by atoms with Gasteiger partial charge in [0, 0.05) is 44.2 Å². The molecule has 43 heavy (non-hydrogen) atoms. The number of nitrogens with one attached hydrogen (secondary N) is 4. The quantitative estimate of drug-likeness (QED) is 0.168. The molecule has 0 spiro atoms. The zero-order valence-corrected chi connectivity index (χ0v) is 26.4. The number of rotatable bonds is 13. The summed E-state index contributed by atoms with van der Waals surface area (Å²) in [4.78, 5) is 30.7. The van der Waals surface area contributed by atoms with Crippen LogP contribution in [0, 0.1) is 17.8 Å². The van der Waals surface area contributed by atoms with Crippen LogP contribution in [0.2, 0.25) is 0 Å². The highest BCUT2D eigenvalue weighted by Gasteiger charge is 2.42. The van der Waals surface area contributed by atoms with Crippen molar-refractivity contribution in [2.75, 3.05) is 52.9 Å². The fourth-order valence-corrected chi connectivity index (χ4v) is 7.77. The predicted molar refractivity (Wildman–Crippen MR) is 166 cm³/mol. The van der Waals surface area contributed by atoms with Crippen LogP contribution in [-0.2, 0) is 9.59 Å². The summed E-state index contributed by atoms with van der Waals surface area (Å²) >= 11 is 0. The first kappa shape index (κ1) is 34.4. The molecule has 8 N–H and O–H groups in total. The number of piperidine rings is 2. The number of carbonyl (C=O) groups is 2. The number of carbonyl (C=O) groups excluding carboxylic acids is 2. The van der Waals surface area contributed by atoms with Crippen LogP contribution < -0.4 is 32.7 Å². The molecule has 7 atom stereocenters. The summed E-state index contributed by atoms with van der Waals surface area (Å²) in [5.41, 5.74) is 12.1. The van der Waals surface area contributed by atoms with E-state index in [0.29, 0.717) is 44.8 Å². The second-order valence-corrected chi connectivity index (χ2v) is 13.8. The largest absolute Gasteiger partial charge is 0.352 e. The van der Waals surface area contributed by atoms with Crippen LogP contribution in [0.25, 0.3) is 0 Å². The number of hydrogen-bond acceptors (Lipinski definition) is 8. The Morgan fingerprint density at radius 1 is 1.00 bits per heavy atom. The summed E-state index contributed by atoms with van der Waals surface area (Å²) in [5.74, 6) is -0.510. The number of halogens is 2. The van der Waals surface area contributed by atoms with Gasteiger partial charge < -0.3 is 37.6 Å². The van der Waals surface area contributed by atoms with Gasteiger partial charge in [0.2, 0.25) is 11.8 Å². The third-order valence-electron chi connectivity index (χ3n) is 10.4. The van der Waals surface area contributed by atoms with Crippen LogP contribution in [-0.4, -0.2) is 117 Å². The van der Waals surface area contributed by atoms with Gasteiger partial charge in [-0.2, -0.15) is 0 Å². The number of likely N-dealkylation sites (N-methyl/N-ethyl adjacent to an activating group) is 1. The first-order valence-electron chi connectivity index (χ1n) is 16.9. The zero-order chi connectivity index (χ0) is 30.9. The van der Waals surface area contributed by atoms with Crippen molar-refractivity contribution in [2.45, 2.75) is 114 Å². The van der Waals surface area contributed by atoms with Crippen molar-refractivity contribution in [3.05, 3.63) is 0 Å². The van der Waals surface area contributed by atoms with E-state index in [9.17, 15) is 14.0 Å². The molecular weight excluding hydrogens is 554 g/mol. The second-order valence-electron chi connectivity index (χ2n) is 13.8. The summed E-state index contributed by atoms with van der Waals surface area (Å²) in [5, 5.41) is 12.5. The predicted octanol–water partition coefficient (Wildman–Crippen LogP) is 0.850. The third kappa shape index (κ3) is 10.0. The minimum Gasteiger partial charge on any atom is -0.352 e. The fraction of sp³-hybridized carbons (Fsp3) is 0.935. The Kier molecular flexibility index (Phi) is 13.4. The van der Waals surface area contributed by atoms with Crippen LogP contribution in [0.5, 0.6) is 0 Å². The van der Waals surface area contributed by atoms with Gasteiger partial charge in [0.05, 0.1) is 24.2 Å². The Hall–Kier alpha value is -1.44. The van der Waals surface area contributed by atoms with E-state index in [1.165, 1.54) is 32.1 Å². The smallest absolute Gasteiger partial charge is 0.227 e. The van der Waals surface area contributed by atoms with Crippen LogP contribution in [0.4, 0.5) is 8.78 Å². The van der Waals surface area contributed by atoms with Crippen molar-refractivity contribution >= 4 is 11.8 Å². The SMILES string of the molecule is CC(NCC(F)CCC1CCCCC1)C(C(=O)NC1CNCC(F)C1N1CCC(C(=O)NC2CCN(C)C2)CC1)C(N)N. The van der Waals surface area contributed by atoms with Gasteiger partial charge in [-0.3, -0.25) is 14.5 Å². The molecular formula is C31H58F2N8O2. The van der Waals surface area contributed by atoms with Gasteiger partial charge in [0.1, 0.15) is 12.3 Å². The topological polar surface area (TPSA) is 141 Å². The first-order valence-corrected chi connectivity index (χ1v) is 16.9. The summed E-state index contributed by atoms with van der Waals surface area (Å²) in [6.07, 6.45) is 6.77. The molecule has 0 aromatic rings. The lowest BCUT2D eigenvalue weighted by molar-refractivity contribution is -0.128. The van der Waals surface area contributed by atoms with E-state index in [-0.39, 0.29) is 36.9 Å². The molecule has 4 fully saturated rings. The molecule has 10 nitrogen and oxygen atoms in total. The molecule has 1 saturated carbocycles. The minimum absolute atomic E-state index is 0.0801. The van der Waals surface area contributed by atoms with Gasteiger partial charge >= 0.3 is 0 Å². The highest BCUT2D eigenvalue weighted by Crippen LogP contribution is 2.28. The van der Waals surface area contributed by atoms with Crippen molar-refractivity contribution < 1.29 is 18.4 Å². The minimum atomic E-state index is -1.17. The molecule has 12 heteroatoms. The van der Waals surface area contributed by atoms with E-state index in [4.69, 9.17) is 11.5 Å². The molecule has 248 valence electrons. The van der Waals surface area contributed by atoms with Crippen molar-refractivity contribution in [2.24, 2.45) is 29.2 Å². The molecule has 0 bridgehead atoms. The van der Waals surface area contributed by atoms with Gasteiger partial charge in [-0.1, -0.05) is 32.1 Å². The Morgan fingerprint density at radius 2 is 1.72 bits per heavy atom. The molecule has 2 amide bonds. The molecule has 0 radical (unpaired) electrons. The van der Waals surface area contributed by atoms with Crippen molar-refractivity contribution in [1.82, 2.24) is 31.1 Å². The lowest BCUT2D eigenvalue weighted by atomic mass is 9.85. The summed E-state index contributed by atoms with van der Waals surface area (Å²) in [6.45, 7) is 5.64. The molecule has 4 rings (SSSR count). The lowest BCUT2D eigenvalue weighted by Gasteiger charge is -2.45. The van der Waals surface area contributed by atoms with Crippen molar-refractivity contribution in [1.29, 1.82) is 0 Å². The average Bonchev–Trinajstić information content (AvgIpc) is 3.39. The van der Waals surface area contributed by atoms with Gasteiger partial charge in [-0.25, -0.2) is 8.78 Å². The summed E-state index contributed by atoms with van der Waals surface area (Å²) < 4.78 is 30.1. The van der Waals surface area contributed by atoms with E-state index in [0.717, 1.165) is 25.9 Å². The molecule has 0 aromatic heterocycles. The number of amides is 2. The normalized spacial score (nSPS) is 30.7. The lowest BCUT2D eigenvalue weighted by Crippen LogP contribution is -2.67. The Bertz CT molecular complexity index is 871. The Morgan fingerprint density at radius 3 is 2.37 bits per heavy atom. The maximum atomic E-state index is 15.4. The van der Waals surface area contributed by atoms with Crippen LogP contribution in [0.15, 0.2) is 0 Å². The maximum Gasteiger partial charge on any atom is 0.227 e. The van der Waals surface area contributed by atoms with Crippen molar-refractivity contribution in [3.63, 3.8) is 0 Å². The van der Waals surface area contributed by atoms with Gasteiger partial charge in [-0.15, -0.1) is 0 Å². The second kappa shape index (κ2) is 16.7. The molecule has 3 aliphatic heterocycles. The van der Waals surface area contributed by atoms with Crippen LogP contribution in [0.3, 0.4) is 0 Å². The highest BCUT2D eigenvalue weighted by atomic mass is 19.1. The number of hydrogen-bond donors (Lipinski definition) is 6. The highest BCUT2D eigenvalue weighted by molar-refractivity contribution is 5.80. The summed E-state index contributed by atoms with van der Waals surface area (Å²) in [6, 6.07) is -1.23. The van der Waals surface area contributed by atoms with Crippen LogP contribution in [0.1, 0.15) is 71.1 Å². The van der Waals surface area contributed by atoms with Crippen LogP contribution >= 0.6 is 0 Å². The monoisotopic (exact) mass is 612 g/mol. The first-order chi connectivity index (χ1) is 20.6. The van der Waals surface area contributed by atoms with Crippen molar-refractivity contribution in [3.8, 4) is 0 Å². The van der Waals surface area contributed by atoms with E-state index in [1.807, 2.05) is 0 Å². The van der Waals surface area contributed by atoms with Gasteiger partial charge in [0.15, 0.2) is 0 Å². The molecule has 3 heterocycles. The maximum absolute atomic E-state index is 15.4. The molecule has 4 aliphatic rings. The van der Waals surface area contributed by atoms with E-state index in [1.54, 1.807) is 6.92 Å². The standard InChI is InChI=1S/C31H58F2N8O2/c1-20(37-16-23(32)9-8-21-6-4-3-5-7-21)27(29(34)35)31(43)39-26-18-36-17-25(33)28(26)41-14-10-22(11-15-41)30(42)38-24-12-13-40(2)19-24/h20-29,36-37H,3-19,34-35H2,1-2H3,(H,38,42)(H,39,43). The van der Waals surface area contributed by atoms with E-state index < -0.39 is 42.6 Å².